The van der Waals surface area contributed by atoms with E-state index in [9.17, 15) is 13.6 Å². The fraction of sp³-hybridized carbons (Fsp3) is 0.389. The molecule has 1 atom stereocenters. The molecule has 0 aliphatic carbocycles. The molecule has 1 unspecified atom stereocenters. The van der Waals surface area contributed by atoms with Gasteiger partial charge in [-0.15, -0.1) is 0 Å². The molecule has 5 nitrogen and oxygen atoms in total. The molecule has 1 saturated heterocycles. The minimum Gasteiger partial charge on any atom is -0.375 e. The molecule has 1 fully saturated rings. The zero-order valence-electron chi connectivity index (χ0n) is 13.9. The monoisotopic (exact) mass is 347 g/mol. The number of halogens is 2. The summed E-state index contributed by atoms with van der Waals surface area (Å²) < 4.78 is 32.8. The van der Waals surface area contributed by atoms with Crippen LogP contribution in [0.4, 0.5) is 8.78 Å². The standard InChI is InChI=1S/C18H19F2N3O2/c1-12-8-14(22-11-21-12)3-4-15-10-23(6-7-25-15)18(24)16-9-13(19)2-5-17(16)20/h2,5,8-9,11,15H,3-4,6-7,10H2,1H3. The van der Waals surface area contributed by atoms with E-state index in [0.717, 1.165) is 29.6 Å². The Labute approximate surface area is 144 Å². The molecule has 1 aromatic heterocycles. The lowest BCUT2D eigenvalue weighted by Crippen LogP contribution is -2.46. The first-order valence-corrected chi connectivity index (χ1v) is 8.16. The van der Waals surface area contributed by atoms with Crippen molar-refractivity contribution in [3.8, 4) is 0 Å². The molecule has 1 aromatic carbocycles. The second kappa shape index (κ2) is 7.65. The third kappa shape index (κ3) is 4.36. The molecule has 0 saturated carbocycles. The van der Waals surface area contributed by atoms with Gasteiger partial charge in [-0.05, 0) is 44.0 Å². The average molecular weight is 347 g/mol. The van der Waals surface area contributed by atoms with Crippen LogP contribution in [-0.4, -0.2) is 46.6 Å². The molecule has 0 radical (unpaired) electrons. The minimum atomic E-state index is -0.717. The maximum absolute atomic E-state index is 13.8. The number of rotatable bonds is 4. The van der Waals surface area contributed by atoms with E-state index in [1.807, 2.05) is 13.0 Å². The molecule has 0 bridgehead atoms. The van der Waals surface area contributed by atoms with Gasteiger partial charge in [0, 0.05) is 24.5 Å². The SMILES string of the molecule is Cc1cc(CCC2CN(C(=O)c3cc(F)ccc3F)CCO2)ncn1. The van der Waals surface area contributed by atoms with Gasteiger partial charge in [-0.3, -0.25) is 4.79 Å². The number of carbonyl (C=O) groups excluding carboxylic acids is 1. The molecule has 7 heteroatoms. The van der Waals surface area contributed by atoms with E-state index in [2.05, 4.69) is 9.97 Å². The summed E-state index contributed by atoms with van der Waals surface area (Å²) in [4.78, 5) is 22.3. The number of ether oxygens (including phenoxy) is 1. The van der Waals surface area contributed by atoms with E-state index in [4.69, 9.17) is 4.74 Å². The van der Waals surface area contributed by atoms with Gasteiger partial charge in [-0.2, -0.15) is 0 Å². The molecule has 1 aliphatic heterocycles. The predicted octanol–water partition coefficient (Wildman–Crippen LogP) is 2.54. The molecule has 1 amide bonds. The number of aryl methyl sites for hydroxylation is 2. The second-order valence-electron chi connectivity index (χ2n) is 6.06. The zero-order chi connectivity index (χ0) is 17.8. The highest BCUT2D eigenvalue weighted by Crippen LogP contribution is 2.17. The normalized spacial score (nSPS) is 17.6. The average Bonchev–Trinajstić information content (AvgIpc) is 2.62. The number of benzene rings is 1. The zero-order valence-corrected chi connectivity index (χ0v) is 13.9. The summed E-state index contributed by atoms with van der Waals surface area (Å²) in [5, 5.41) is 0. The van der Waals surface area contributed by atoms with E-state index in [1.165, 1.54) is 11.2 Å². The van der Waals surface area contributed by atoms with Gasteiger partial charge >= 0.3 is 0 Å². The summed E-state index contributed by atoms with van der Waals surface area (Å²) in [6.45, 7) is 2.98. The molecule has 2 heterocycles. The van der Waals surface area contributed by atoms with Gasteiger partial charge in [0.1, 0.15) is 18.0 Å². The number of aromatic nitrogens is 2. The first-order valence-electron chi connectivity index (χ1n) is 8.16. The number of morpholine rings is 1. The Morgan fingerprint density at radius 3 is 2.96 bits per heavy atom. The molecule has 0 N–H and O–H groups in total. The Morgan fingerprint density at radius 1 is 1.32 bits per heavy atom. The van der Waals surface area contributed by atoms with Gasteiger partial charge in [0.05, 0.1) is 18.3 Å². The largest absolute Gasteiger partial charge is 0.375 e. The quantitative estimate of drug-likeness (QED) is 0.853. The maximum atomic E-state index is 13.8. The third-order valence-corrected chi connectivity index (χ3v) is 4.17. The Balaban J connectivity index is 1.62. The Morgan fingerprint density at radius 2 is 2.16 bits per heavy atom. The summed E-state index contributed by atoms with van der Waals surface area (Å²) >= 11 is 0. The highest BCUT2D eigenvalue weighted by Gasteiger charge is 2.26. The van der Waals surface area contributed by atoms with Crippen LogP contribution in [0, 0.1) is 18.6 Å². The van der Waals surface area contributed by atoms with Crippen LogP contribution >= 0.6 is 0 Å². The summed E-state index contributed by atoms with van der Waals surface area (Å²) in [7, 11) is 0. The number of hydrogen-bond acceptors (Lipinski definition) is 4. The van der Waals surface area contributed by atoms with E-state index < -0.39 is 17.5 Å². The van der Waals surface area contributed by atoms with E-state index in [0.29, 0.717) is 32.5 Å². The summed E-state index contributed by atoms with van der Waals surface area (Å²) in [6.07, 6.45) is 2.75. The maximum Gasteiger partial charge on any atom is 0.257 e. The van der Waals surface area contributed by atoms with Crippen LogP contribution in [0.1, 0.15) is 28.2 Å². The highest BCUT2D eigenvalue weighted by atomic mass is 19.1. The topological polar surface area (TPSA) is 55.3 Å². The second-order valence-corrected chi connectivity index (χ2v) is 6.06. The number of carbonyl (C=O) groups is 1. The van der Waals surface area contributed by atoms with Gasteiger partial charge in [-0.25, -0.2) is 18.7 Å². The van der Waals surface area contributed by atoms with Crippen molar-refractivity contribution in [2.24, 2.45) is 0 Å². The Bertz CT molecular complexity index is 770. The van der Waals surface area contributed by atoms with Gasteiger partial charge in [0.15, 0.2) is 0 Å². The molecular formula is C18H19F2N3O2. The molecule has 2 aromatic rings. The third-order valence-electron chi connectivity index (χ3n) is 4.17. The van der Waals surface area contributed by atoms with Gasteiger partial charge < -0.3 is 9.64 Å². The van der Waals surface area contributed by atoms with Crippen LogP contribution < -0.4 is 0 Å². The minimum absolute atomic E-state index is 0.162. The lowest BCUT2D eigenvalue weighted by molar-refractivity contribution is -0.0248. The molecular weight excluding hydrogens is 328 g/mol. The van der Waals surface area contributed by atoms with Gasteiger partial charge in [0.25, 0.3) is 5.91 Å². The van der Waals surface area contributed by atoms with Crippen molar-refractivity contribution in [2.45, 2.75) is 25.9 Å². The van der Waals surface area contributed by atoms with Crippen LogP contribution in [0.15, 0.2) is 30.6 Å². The van der Waals surface area contributed by atoms with Gasteiger partial charge in [-0.1, -0.05) is 0 Å². The van der Waals surface area contributed by atoms with Crippen LogP contribution in [0.3, 0.4) is 0 Å². The molecule has 25 heavy (non-hydrogen) atoms. The van der Waals surface area contributed by atoms with Crippen LogP contribution in [0.5, 0.6) is 0 Å². The number of amides is 1. The molecule has 3 rings (SSSR count). The lowest BCUT2D eigenvalue weighted by Gasteiger charge is -2.33. The van der Waals surface area contributed by atoms with Crippen molar-refractivity contribution < 1.29 is 18.3 Å². The molecule has 1 aliphatic rings. The first kappa shape index (κ1) is 17.4. The fourth-order valence-electron chi connectivity index (χ4n) is 2.87. The van der Waals surface area contributed by atoms with Crippen LogP contribution in [-0.2, 0) is 11.2 Å². The first-order chi connectivity index (χ1) is 12.0. The van der Waals surface area contributed by atoms with Crippen molar-refractivity contribution in [3.63, 3.8) is 0 Å². The Kier molecular flexibility index (Phi) is 5.33. The van der Waals surface area contributed by atoms with Crippen LogP contribution in [0.25, 0.3) is 0 Å². The van der Waals surface area contributed by atoms with Crippen molar-refractivity contribution in [3.05, 3.63) is 59.2 Å². The number of hydrogen-bond donors (Lipinski definition) is 0. The van der Waals surface area contributed by atoms with Gasteiger partial charge in [0.2, 0.25) is 0 Å². The highest BCUT2D eigenvalue weighted by molar-refractivity contribution is 5.94. The van der Waals surface area contributed by atoms with Crippen molar-refractivity contribution in [2.75, 3.05) is 19.7 Å². The smallest absolute Gasteiger partial charge is 0.257 e. The van der Waals surface area contributed by atoms with Crippen LogP contribution in [0.2, 0.25) is 0 Å². The predicted molar refractivity (Wildman–Crippen MR) is 87.1 cm³/mol. The fourth-order valence-corrected chi connectivity index (χ4v) is 2.87. The van der Waals surface area contributed by atoms with E-state index in [-0.39, 0.29) is 11.7 Å². The van der Waals surface area contributed by atoms with E-state index >= 15 is 0 Å². The summed E-state index contributed by atoms with van der Waals surface area (Å²) in [5.41, 5.74) is 1.57. The van der Waals surface area contributed by atoms with Crippen molar-refractivity contribution >= 4 is 5.91 Å². The van der Waals surface area contributed by atoms with Crippen molar-refractivity contribution in [1.82, 2.24) is 14.9 Å². The Hall–Kier alpha value is -2.41. The summed E-state index contributed by atoms with van der Waals surface area (Å²) in [5.74, 6) is -1.86. The van der Waals surface area contributed by atoms with E-state index in [1.54, 1.807) is 0 Å². The lowest BCUT2D eigenvalue weighted by atomic mass is 10.1. The summed E-state index contributed by atoms with van der Waals surface area (Å²) in [6, 6.07) is 4.82. The van der Waals surface area contributed by atoms with Crippen molar-refractivity contribution in [1.29, 1.82) is 0 Å². The number of nitrogens with zero attached hydrogens (tertiary/aromatic N) is 3. The molecule has 132 valence electrons. The molecule has 0 spiro atoms.